The second-order valence-corrected chi connectivity index (χ2v) is 7.86. The Morgan fingerprint density at radius 3 is 2.65 bits per heavy atom. The maximum absolute atomic E-state index is 12.4. The van der Waals surface area contributed by atoms with Gasteiger partial charge in [0.05, 0.1) is 18.5 Å². The molecule has 1 saturated carbocycles. The Labute approximate surface area is 156 Å². The van der Waals surface area contributed by atoms with Crippen LogP contribution in [0.15, 0.2) is 12.5 Å². The summed E-state index contributed by atoms with van der Waals surface area (Å²) in [7, 11) is 0. The lowest BCUT2D eigenvalue weighted by molar-refractivity contribution is -0.124. The lowest BCUT2D eigenvalue weighted by Gasteiger charge is -2.34. The monoisotopic (exact) mass is 365 g/mol. The summed E-state index contributed by atoms with van der Waals surface area (Å²) >= 11 is 0. The molecule has 1 fully saturated rings. The van der Waals surface area contributed by atoms with Crippen LogP contribution in [0.4, 0.5) is 0 Å². The Hall–Kier alpha value is -1.40. The third-order valence-electron chi connectivity index (χ3n) is 5.82. The molecule has 0 bridgehead atoms. The minimum atomic E-state index is -0.928. The van der Waals surface area contributed by atoms with Crippen molar-refractivity contribution in [3.8, 4) is 0 Å². The van der Waals surface area contributed by atoms with Gasteiger partial charge in [0.25, 0.3) is 0 Å². The van der Waals surface area contributed by atoms with Crippen molar-refractivity contribution in [3.63, 3.8) is 0 Å². The van der Waals surface area contributed by atoms with Crippen molar-refractivity contribution in [1.29, 1.82) is 0 Å². The van der Waals surface area contributed by atoms with Crippen molar-refractivity contribution in [2.75, 3.05) is 0 Å². The van der Waals surface area contributed by atoms with Crippen LogP contribution < -0.4 is 5.32 Å². The normalized spacial score (nSPS) is 20.3. The lowest BCUT2D eigenvalue weighted by atomic mass is 9.81. The molecule has 6 nitrogen and oxygen atoms in total. The summed E-state index contributed by atoms with van der Waals surface area (Å²) in [4.78, 5) is 19.4. The number of amides is 1. The number of carbonyl (C=O) groups is 1. The minimum Gasteiger partial charge on any atom is -0.390 e. The molecule has 4 N–H and O–H groups in total. The Bertz CT molecular complexity index is 514. The highest BCUT2D eigenvalue weighted by molar-refractivity contribution is 5.76. The molecule has 0 aromatic carbocycles. The molecule has 1 heterocycles. The highest BCUT2D eigenvalue weighted by atomic mass is 16.3. The second-order valence-electron chi connectivity index (χ2n) is 7.86. The van der Waals surface area contributed by atoms with Crippen LogP contribution in [0.1, 0.15) is 70.9 Å². The van der Waals surface area contributed by atoms with Crippen molar-refractivity contribution in [2.45, 2.75) is 89.9 Å². The van der Waals surface area contributed by atoms with Crippen molar-refractivity contribution < 1.29 is 15.0 Å². The zero-order valence-corrected chi connectivity index (χ0v) is 16.2. The van der Waals surface area contributed by atoms with E-state index in [2.05, 4.69) is 15.3 Å². The van der Waals surface area contributed by atoms with Gasteiger partial charge in [-0.05, 0) is 24.7 Å². The predicted octanol–water partition coefficient (Wildman–Crippen LogP) is 2.57. The number of nitrogens with zero attached hydrogens (tertiary/aromatic N) is 1. The summed E-state index contributed by atoms with van der Waals surface area (Å²) in [6, 6.07) is -0.392. The molecule has 0 spiro atoms. The van der Waals surface area contributed by atoms with Gasteiger partial charge in [0.2, 0.25) is 5.91 Å². The van der Waals surface area contributed by atoms with Gasteiger partial charge in [-0.1, -0.05) is 52.4 Å². The van der Waals surface area contributed by atoms with Gasteiger partial charge >= 0.3 is 0 Å². The van der Waals surface area contributed by atoms with Crippen LogP contribution in [0.2, 0.25) is 0 Å². The summed E-state index contributed by atoms with van der Waals surface area (Å²) in [5, 5.41) is 24.2. The van der Waals surface area contributed by atoms with Crippen LogP contribution in [-0.2, 0) is 11.2 Å². The molecule has 0 radical (unpaired) electrons. The number of aliphatic hydroxyl groups excluding tert-OH is 2. The number of hydrogen-bond acceptors (Lipinski definition) is 4. The van der Waals surface area contributed by atoms with E-state index in [1.54, 1.807) is 12.5 Å². The fraction of sp³-hybridized carbons (Fsp3) is 0.800. The first-order chi connectivity index (χ1) is 12.5. The van der Waals surface area contributed by atoms with Crippen LogP contribution in [0.5, 0.6) is 0 Å². The number of carbonyl (C=O) groups excluding carboxylic acids is 1. The number of imidazole rings is 1. The van der Waals surface area contributed by atoms with Gasteiger partial charge in [-0.25, -0.2) is 4.98 Å². The van der Waals surface area contributed by atoms with Gasteiger partial charge in [0, 0.05) is 18.3 Å². The molecule has 2 rings (SSSR count). The first-order valence-corrected chi connectivity index (χ1v) is 10.1. The van der Waals surface area contributed by atoms with Gasteiger partial charge in [-0.2, -0.15) is 0 Å². The maximum atomic E-state index is 12.4. The van der Waals surface area contributed by atoms with Crippen LogP contribution in [0, 0.1) is 11.8 Å². The van der Waals surface area contributed by atoms with Crippen LogP contribution in [0.3, 0.4) is 0 Å². The number of rotatable bonds is 10. The molecular weight excluding hydrogens is 330 g/mol. The average molecular weight is 366 g/mol. The molecule has 0 aliphatic heterocycles. The SMILES string of the molecule is CCC(C)[C@H](O)[C@H](O)[C@H](CC1CCCCC1)NC(=O)CCc1cnc[nH]1. The van der Waals surface area contributed by atoms with Gasteiger partial charge in [0.15, 0.2) is 0 Å². The number of aromatic amines is 1. The van der Waals surface area contributed by atoms with E-state index in [1.807, 2.05) is 13.8 Å². The van der Waals surface area contributed by atoms with E-state index in [1.165, 1.54) is 19.3 Å². The van der Waals surface area contributed by atoms with Gasteiger partial charge in [-0.15, -0.1) is 0 Å². The highest BCUT2D eigenvalue weighted by Crippen LogP contribution is 2.29. The van der Waals surface area contributed by atoms with E-state index in [0.29, 0.717) is 18.8 Å². The molecule has 1 aromatic heterocycles. The van der Waals surface area contributed by atoms with E-state index in [0.717, 1.165) is 31.4 Å². The van der Waals surface area contributed by atoms with E-state index >= 15 is 0 Å². The number of aliphatic hydroxyl groups is 2. The second kappa shape index (κ2) is 10.7. The van der Waals surface area contributed by atoms with E-state index in [4.69, 9.17) is 0 Å². The van der Waals surface area contributed by atoms with Gasteiger partial charge in [-0.3, -0.25) is 4.79 Å². The largest absolute Gasteiger partial charge is 0.390 e. The number of aryl methyl sites for hydroxylation is 1. The highest BCUT2D eigenvalue weighted by Gasteiger charge is 2.32. The fourth-order valence-electron chi connectivity index (χ4n) is 3.83. The first kappa shape index (κ1) is 20.9. The summed E-state index contributed by atoms with van der Waals surface area (Å²) in [6.07, 6.45) is 10.0. The van der Waals surface area contributed by atoms with Crippen LogP contribution >= 0.6 is 0 Å². The van der Waals surface area contributed by atoms with Crippen molar-refractivity contribution in [3.05, 3.63) is 18.2 Å². The average Bonchev–Trinajstić information content (AvgIpc) is 3.18. The van der Waals surface area contributed by atoms with Crippen molar-refractivity contribution >= 4 is 5.91 Å². The van der Waals surface area contributed by atoms with Gasteiger partial charge < -0.3 is 20.5 Å². The summed E-state index contributed by atoms with van der Waals surface area (Å²) in [6.45, 7) is 3.94. The molecule has 148 valence electrons. The molecule has 0 saturated heterocycles. The number of aromatic nitrogens is 2. The lowest BCUT2D eigenvalue weighted by Crippen LogP contribution is -2.51. The zero-order chi connectivity index (χ0) is 18.9. The number of H-pyrrole nitrogens is 1. The third kappa shape index (κ3) is 6.40. The molecular formula is C20H35N3O3. The summed E-state index contributed by atoms with van der Waals surface area (Å²) in [5.74, 6) is 0.428. The van der Waals surface area contributed by atoms with Crippen LogP contribution in [-0.4, -0.2) is 44.3 Å². The van der Waals surface area contributed by atoms with E-state index < -0.39 is 18.2 Å². The standard InChI is InChI=1S/C20H35N3O3/c1-3-14(2)19(25)20(26)17(11-15-7-5-4-6-8-15)23-18(24)10-9-16-12-21-13-22-16/h12-15,17,19-20,25-26H,3-11H2,1-2H3,(H,21,22)(H,23,24)/t14?,17-,19-,20+/m0/s1. The molecule has 26 heavy (non-hydrogen) atoms. The Kier molecular flexibility index (Phi) is 8.59. The minimum absolute atomic E-state index is 0.000695. The number of hydrogen-bond donors (Lipinski definition) is 4. The zero-order valence-electron chi connectivity index (χ0n) is 16.2. The quantitative estimate of drug-likeness (QED) is 0.512. The molecule has 1 amide bonds. The van der Waals surface area contributed by atoms with Crippen molar-refractivity contribution in [1.82, 2.24) is 15.3 Å². The third-order valence-corrected chi connectivity index (χ3v) is 5.82. The van der Waals surface area contributed by atoms with Gasteiger partial charge in [0.1, 0.15) is 6.10 Å². The summed E-state index contributed by atoms with van der Waals surface area (Å²) in [5.41, 5.74) is 0.921. The molecule has 1 unspecified atom stereocenters. The molecule has 4 atom stereocenters. The van der Waals surface area contributed by atoms with Crippen LogP contribution in [0.25, 0.3) is 0 Å². The maximum Gasteiger partial charge on any atom is 0.220 e. The summed E-state index contributed by atoms with van der Waals surface area (Å²) < 4.78 is 0. The topological polar surface area (TPSA) is 98.2 Å². The smallest absolute Gasteiger partial charge is 0.220 e. The predicted molar refractivity (Wildman–Crippen MR) is 102 cm³/mol. The number of nitrogens with one attached hydrogen (secondary N) is 2. The molecule has 1 aliphatic rings. The Morgan fingerprint density at radius 2 is 2.04 bits per heavy atom. The van der Waals surface area contributed by atoms with E-state index in [9.17, 15) is 15.0 Å². The van der Waals surface area contributed by atoms with Crippen molar-refractivity contribution in [2.24, 2.45) is 11.8 Å². The first-order valence-electron chi connectivity index (χ1n) is 10.1. The Morgan fingerprint density at radius 1 is 1.31 bits per heavy atom. The fourth-order valence-corrected chi connectivity index (χ4v) is 3.83. The molecule has 6 heteroatoms. The molecule has 1 aromatic rings. The molecule has 1 aliphatic carbocycles. The van der Waals surface area contributed by atoms with E-state index in [-0.39, 0.29) is 11.8 Å². The Balaban J connectivity index is 1.94.